The molecule has 0 bridgehead atoms. The first-order valence-corrected chi connectivity index (χ1v) is 3.45. The van der Waals surface area contributed by atoms with Crippen molar-refractivity contribution in [2.45, 2.75) is 6.92 Å². The van der Waals surface area contributed by atoms with E-state index in [9.17, 15) is 0 Å². The fourth-order valence-corrected chi connectivity index (χ4v) is 0.626. The molecule has 0 N–H and O–H groups in total. The van der Waals surface area contributed by atoms with Crippen LogP contribution in [0.4, 0.5) is 0 Å². The molecule has 0 radical (unpaired) electrons. The highest BCUT2D eigenvalue weighted by Crippen LogP contribution is 1.99. The zero-order valence-electron chi connectivity index (χ0n) is 7.50. The summed E-state index contributed by atoms with van der Waals surface area (Å²) in [5.74, 6) is 0.446. The van der Waals surface area contributed by atoms with Crippen molar-refractivity contribution >= 4 is 5.71 Å². The molecule has 4 heteroatoms. The Morgan fingerprint density at radius 2 is 2.33 bits per heavy atom. The molecule has 0 heterocycles. The predicted molar refractivity (Wildman–Crippen MR) is 45.7 cm³/mol. The second-order valence-corrected chi connectivity index (χ2v) is 1.89. The van der Waals surface area contributed by atoms with Gasteiger partial charge in [0.25, 0.3) is 0 Å². The topological polar surface area (TPSA) is 54.6 Å². The van der Waals surface area contributed by atoms with Gasteiger partial charge in [0, 0.05) is 14.2 Å². The molecule has 0 unspecified atom stereocenters. The minimum Gasteiger partial charge on any atom is -0.465 e. The maximum absolute atomic E-state index is 8.58. The maximum Gasteiger partial charge on any atom is 0.188 e. The molecule has 12 heavy (non-hydrogen) atoms. The minimum absolute atomic E-state index is 0.125. The first-order valence-electron chi connectivity index (χ1n) is 3.45. The van der Waals surface area contributed by atoms with Gasteiger partial charge < -0.3 is 9.47 Å². The van der Waals surface area contributed by atoms with Crippen molar-refractivity contribution in [1.29, 1.82) is 5.26 Å². The molecule has 0 fully saturated rings. The summed E-state index contributed by atoms with van der Waals surface area (Å²) in [4.78, 5) is 3.74. The molecule has 0 aromatic heterocycles. The molecule has 0 saturated carbocycles. The largest absolute Gasteiger partial charge is 0.465 e. The third kappa shape index (κ3) is 3.17. The molecule has 4 nitrogen and oxygen atoms in total. The fraction of sp³-hybridized carbons (Fsp3) is 0.500. The summed E-state index contributed by atoms with van der Waals surface area (Å²) in [5.41, 5.74) is 0.273. The number of hydrogen-bond donors (Lipinski definition) is 0. The Morgan fingerprint density at radius 1 is 1.67 bits per heavy atom. The standard InChI is InChI=1S/C8H12N2O2/c1-4-8(12-6-11-3)7(5-9)10-2/h4H,6H2,1-3H3/b8-4+,10-7-. The molecule has 0 aliphatic carbocycles. The van der Waals surface area contributed by atoms with Crippen molar-refractivity contribution in [1.82, 2.24) is 0 Å². The summed E-state index contributed by atoms with van der Waals surface area (Å²) in [6.07, 6.45) is 1.67. The number of hydrogen-bond acceptors (Lipinski definition) is 4. The zero-order valence-corrected chi connectivity index (χ0v) is 7.50. The van der Waals surface area contributed by atoms with Crippen LogP contribution < -0.4 is 0 Å². The quantitative estimate of drug-likeness (QED) is 0.359. The Bertz CT molecular complexity index is 226. The lowest BCUT2D eigenvalue weighted by Gasteiger charge is -2.05. The fourth-order valence-electron chi connectivity index (χ4n) is 0.626. The summed E-state index contributed by atoms with van der Waals surface area (Å²) in [5, 5.41) is 8.58. The van der Waals surface area contributed by atoms with Gasteiger partial charge in [-0.2, -0.15) is 5.26 Å². The van der Waals surface area contributed by atoms with E-state index in [1.54, 1.807) is 13.0 Å². The second kappa shape index (κ2) is 6.38. The van der Waals surface area contributed by atoms with Crippen molar-refractivity contribution < 1.29 is 9.47 Å². The Hall–Kier alpha value is -1.34. The van der Waals surface area contributed by atoms with Gasteiger partial charge in [-0.25, -0.2) is 0 Å². The Morgan fingerprint density at radius 3 is 2.67 bits per heavy atom. The van der Waals surface area contributed by atoms with Crippen molar-refractivity contribution in [2.24, 2.45) is 4.99 Å². The first kappa shape index (κ1) is 10.7. The Labute approximate surface area is 72.1 Å². The van der Waals surface area contributed by atoms with Crippen LogP contribution in [0.1, 0.15) is 6.92 Å². The van der Waals surface area contributed by atoms with Crippen LogP contribution in [0, 0.1) is 11.3 Å². The van der Waals surface area contributed by atoms with Crippen LogP contribution in [0.5, 0.6) is 0 Å². The molecule has 66 valence electrons. The van der Waals surface area contributed by atoms with Gasteiger partial charge in [0.05, 0.1) is 0 Å². The molecule has 0 spiro atoms. The van der Waals surface area contributed by atoms with Crippen LogP contribution in [0.15, 0.2) is 16.8 Å². The van der Waals surface area contributed by atoms with Gasteiger partial charge in [-0.05, 0) is 13.0 Å². The van der Waals surface area contributed by atoms with E-state index in [2.05, 4.69) is 9.73 Å². The van der Waals surface area contributed by atoms with Gasteiger partial charge in [-0.1, -0.05) is 0 Å². The monoisotopic (exact) mass is 168 g/mol. The number of allylic oxidation sites excluding steroid dienone is 2. The average Bonchev–Trinajstić information content (AvgIpc) is 2.12. The Balaban J connectivity index is 4.28. The lowest BCUT2D eigenvalue weighted by atomic mass is 10.3. The van der Waals surface area contributed by atoms with E-state index in [-0.39, 0.29) is 12.5 Å². The number of ether oxygens (including phenoxy) is 2. The first-order chi connectivity index (χ1) is 5.79. The van der Waals surface area contributed by atoms with Crippen molar-refractivity contribution in [3.63, 3.8) is 0 Å². The van der Waals surface area contributed by atoms with Crippen LogP contribution in [0.2, 0.25) is 0 Å². The van der Waals surface area contributed by atoms with E-state index in [0.29, 0.717) is 5.76 Å². The van der Waals surface area contributed by atoms with Crippen LogP contribution in [0.25, 0.3) is 0 Å². The number of rotatable bonds is 4. The van der Waals surface area contributed by atoms with Gasteiger partial charge in [0.1, 0.15) is 6.07 Å². The highest BCUT2D eigenvalue weighted by molar-refractivity contribution is 6.09. The number of nitriles is 1. The van der Waals surface area contributed by atoms with Crippen molar-refractivity contribution in [3.05, 3.63) is 11.8 Å². The van der Waals surface area contributed by atoms with Gasteiger partial charge in [0.2, 0.25) is 0 Å². The molecule has 0 aliphatic heterocycles. The molecular weight excluding hydrogens is 156 g/mol. The molecule has 0 amide bonds. The summed E-state index contributed by atoms with van der Waals surface area (Å²) < 4.78 is 9.76. The average molecular weight is 168 g/mol. The van der Waals surface area contributed by atoms with E-state index in [0.717, 1.165) is 0 Å². The lowest BCUT2D eigenvalue weighted by Crippen LogP contribution is -2.06. The summed E-state index contributed by atoms with van der Waals surface area (Å²) in [6.45, 7) is 1.90. The summed E-state index contributed by atoms with van der Waals surface area (Å²) in [7, 11) is 3.06. The van der Waals surface area contributed by atoms with Gasteiger partial charge >= 0.3 is 0 Å². The maximum atomic E-state index is 8.58. The molecule has 0 atom stereocenters. The van der Waals surface area contributed by atoms with E-state index >= 15 is 0 Å². The molecule has 0 saturated heterocycles. The van der Waals surface area contributed by atoms with Crippen LogP contribution in [-0.2, 0) is 9.47 Å². The van der Waals surface area contributed by atoms with Gasteiger partial charge in [-0.15, -0.1) is 0 Å². The predicted octanol–water partition coefficient (Wildman–Crippen LogP) is 1.11. The third-order valence-corrected chi connectivity index (χ3v) is 1.16. The highest BCUT2D eigenvalue weighted by Gasteiger charge is 2.04. The smallest absolute Gasteiger partial charge is 0.188 e. The van der Waals surface area contributed by atoms with E-state index in [1.165, 1.54) is 14.2 Å². The molecule has 0 aliphatic rings. The van der Waals surface area contributed by atoms with Gasteiger partial charge in [-0.3, -0.25) is 4.99 Å². The van der Waals surface area contributed by atoms with E-state index < -0.39 is 0 Å². The number of nitrogens with zero attached hydrogens (tertiary/aromatic N) is 2. The van der Waals surface area contributed by atoms with Crippen LogP contribution in [-0.4, -0.2) is 26.7 Å². The van der Waals surface area contributed by atoms with Gasteiger partial charge in [0.15, 0.2) is 18.3 Å². The number of aliphatic imine (C=N–C) groups is 1. The van der Waals surface area contributed by atoms with Crippen LogP contribution >= 0.6 is 0 Å². The second-order valence-electron chi connectivity index (χ2n) is 1.89. The van der Waals surface area contributed by atoms with Crippen LogP contribution in [0.3, 0.4) is 0 Å². The molecule has 0 aromatic rings. The normalized spacial score (nSPS) is 12.5. The zero-order chi connectivity index (χ0) is 9.40. The Kier molecular flexibility index (Phi) is 5.66. The number of methoxy groups -OCH3 is 1. The highest BCUT2D eigenvalue weighted by atomic mass is 16.7. The molecular formula is C8H12N2O2. The third-order valence-electron chi connectivity index (χ3n) is 1.16. The molecule has 0 aromatic carbocycles. The lowest BCUT2D eigenvalue weighted by molar-refractivity contribution is 0.0126. The summed E-state index contributed by atoms with van der Waals surface area (Å²) >= 11 is 0. The van der Waals surface area contributed by atoms with E-state index in [1.807, 2.05) is 6.07 Å². The summed E-state index contributed by atoms with van der Waals surface area (Å²) in [6, 6.07) is 1.91. The SMILES string of the molecule is C/C=C(OCOC)\C(C#N)=N/C. The molecule has 0 rings (SSSR count). The van der Waals surface area contributed by atoms with Crippen molar-refractivity contribution in [2.75, 3.05) is 21.0 Å². The minimum atomic E-state index is 0.125. The van der Waals surface area contributed by atoms with Crippen molar-refractivity contribution in [3.8, 4) is 6.07 Å². The van der Waals surface area contributed by atoms with E-state index in [4.69, 9.17) is 10.00 Å².